The van der Waals surface area contributed by atoms with E-state index in [-0.39, 0.29) is 13.0 Å². The summed E-state index contributed by atoms with van der Waals surface area (Å²) in [7, 11) is 0. The number of esters is 1. The van der Waals surface area contributed by atoms with Crippen LogP contribution in [0.5, 0.6) is 0 Å². The van der Waals surface area contributed by atoms with Crippen molar-refractivity contribution >= 4 is 17.5 Å². The fourth-order valence-corrected chi connectivity index (χ4v) is 2.60. The lowest BCUT2D eigenvalue weighted by Crippen LogP contribution is -2.57. The first-order valence-corrected chi connectivity index (χ1v) is 8.91. The van der Waals surface area contributed by atoms with Crippen LogP contribution in [0.15, 0.2) is 60.7 Å². The van der Waals surface area contributed by atoms with Gasteiger partial charge in [0.05, 0.1) is 6.04 Å². The molecule has 0 aromatic heterocycles. The minimum absolute atomic E-state index is 0.112. The number of carbonyl (C=O) groups is 3. The van der Waals surface area contributed by atoms with E-state index in [9.17, 15) is 23.2 Å². The third-order valence-electron chi connectivity index (χ3n) is 4.26. The highest BCUT2D eigenvalue weighted by Crippen LogP contribution is 2.23. The maximum Gasteiger partial charge on any atom is 0.328 e. The molecule has 0 saturated carbocycles. The fraction of sp³-hybridized carbons (Fsp3) is 0.286. The maximum atomic E-state index is 14.4. The van der Waals surface area contributed by atoms with Crippen molar-refractivity contribution in [3.63, 3.8) is 0 Å². The van der Waals surface area contributed by atoms with Gasteiger partial charge in [0, 0.05) is 0 Å². The van der Waals surface area contributed by atoms with E-state index in [1.807, 2.05) is 0 Å². The van der Waals surface area contributed by atoms with Gasteiger partial charge < -0.3 is 16.2 Å². The van der Waals surface area contributed by atoms with Gasteiger partial charge in [-0.3, -0.25) is 14.4 Å². The van der Waals surface area contributed by atoms with Crippen LogP contribution in [0.25, 0.3) is 0 Å². The Hall–Kier alpha value is -2.97. The fourth-order valence-electron chi connectivity index (χ4n) is 2.60. The lowest BCUT2D eigenvalue weighted by molar-refractivity contribution is -0.156. The van der Waals surface area contributed by atoms with Gasteiger partial charge in [0.25, 0.3) is 0 Å². The highest BCUT2D eigenvalue weighted by atomic mass is 19.3. The zero-order valence-corrected chi connectivity index (χ0v) is 15.6. The third kappa shape index (κ3) is 6.27. The molecule has 8 heteroatoms. The lowest BCUT2D eigenvalue weighted by atomic mass is 9.93. The van der Waals surface area contributed by atoms with Crippen molar-refractivity contribution in [2.24, 2.45) is 11.5 Å². The second-order valence-electron chi connectivity index (χ2n) is 6.55. The summed E-state index contributed by atoms with van der Waals surface area (Å²) >= 11 is 0. The molecule has 4 N–H and O–H groups in total. The number of alkyl halides is 2. The molecule has 0 heterocycles. The highest BCUT2D eigenvalue weighted by molar-refractivity contribution is 6.03. The molecular weight excluding hydrogens is 382 g/mol. The van der Waals surface area contributed by atoms with E-state index in [1.165, 1.54) is 0 Å². The number of hydrogen-bond acceptors (Lipinski definition) is 6. The highest BCUT2D eigenvalue weighted by Gasteiger charge is 2.50. The summed E-state index contributed by atoms with van der Waals surface area (Å²) in [4.78, 5) is 35.8. The standard InChI is InChI=1S/C21H22F2N2O4/c22-21(23,20(28)16(24)11-14-7-3-1-4-8-14)19(25)17(26)12-18(27)29-13-15-9-5-2-6-10-15/h1-10,16,19H,11-13,24-25H2. The van der Waals surface area contributed by atoms with Crippen LogP contribution in [0.4, 0.5) is 8.78 Å². The molecule has 0 bridgehead atoms. The topological polar surface area (TPSA) is 112 Å². The van der Waals surface area contributed by atoms with E-state index in [2.05, 4.69) is 0 Å². The Kier molecular flexibility index (Phi) is 7.69. The molecule has 2 unspecified atom stereocenters. The smallest absolute Gasteiger partial charge is 0.328 e. The van der Waals surface area contributed by atoms with E-state index in [0.717, 1.165) is 0 Å². The van der Waals surface area contributed by atoms with Gasteiger partial charge in [-0.1, -0.05) is 60.7 Å². The number of benzene rings is 2. The molecule has 0 saturated heterocycles. The average Bonchev–Trinajstić information content (AvgIpc) is 2.72. The van der Waals surface area contributed by atoms with Crippen LogP contribution in [-0.4, -0.2) is 35.5 Å². The van der Waals surface area contributed by atoms with Gasteiger partial charge in [-0.05, 0) is 17.5 Å². The third-order valence-corrected chi connectivity index (χ3v) is 4.26. The molecule has 0 fully saturated rings. The van der Waals surface area contributed by atoms with Crippen LogP contribution in [0.3, 0.4) is 0 Å². The summed E-state index contributed by atoms with van der Waals surface area (Å²) in [5, 5.41) is 0. The first kappa shape index (κ1) is 22.3. The second kappa shape index (κ2) is 9.99. The van der Waals surface area contributed by atoms with Crippen LogP contribution >= 0.6 is 0 Å². The minimum Gasteiger partial charge on any atom is -0.460 e. The van der Waals surface area contributed by atoms with Crippen molar-refractivity contribution in [2.75, 3.05) is 0 Å². The van der Waals surface area contributed by atoms with Crippen molar-refractivity contribution in [2.45, 2.75) is 37.5 Å². The molecule has 0 aliphatic heterocycles. The van der Waals surface area contributed by atoms with Gasteiger partial charge in [0.15, 0.2) is 5.78 Å². The largest absolute Gasteiger partial charge is 0.460 e. The predicted octanol–water partition coefficient (Wildman–Crippen LogP) is 1.79. The number of halogens is 2. The van der Waals surface area contributed by atoms with E-state index >= 15 is 0 Å². The normalized spacial score (nSPS) is 13.4. The van der Waals surface area contributed by atoms with Gasteiger partial charge in [0.1, 0.15) is 19.1 Å². The van der Waals surface area contributed by atoms with E-state index in [0.29, 0.717) is 11.1 Å². The first-order valence-electron chi connectivity index (χ1n) is 8.91. The number of rotatable bonds is 10. The lowest BCUT2D eigenvalue weighted by Gasteiger charge is -2.24. The molecule has 2 atom stereocenters. The number of carbonyl (C=O) groups excluding carboxylic acids is 3. The zero-order chi connectivity index (χ0) is 21.4. The van der Waals surface area contributed by atoms with Gasteiger partial charge in [-0.2, -0.15) is 8.78 Å². The van der Waals surface area contributed by atoms with Gasteiger partial charge >= 0.3 is 11.9 Å². The number of nitrogens with two attached hydrogens (primary N) is 2. The average molecular weight is 404 g/mol. The molecule has 2 aromatic carbocycles. The Morgan fingerprint density at radius 1 is 0.897 bits per heavy atom. The Balaban J connectivity index is 1.91. The van der Waals surface area contributed by atoms with Crippen molar-refractivity contribution in [1.82, 2.24) is 0 Å². The SMILES string of the molecule is NC(Cc1ccccc1)C(=O)C(F)(F)C(N)C(=O)CC(=O)OCc1ccccc1. The Morgan fingerprint density at radius 2 is 1.41 bits per heavy atom. The van der Waals surface area contributed by atoms with E-state index in [1.54, 1.807) is 60.7 Å². The summed E-state index contributed by atoms with van der Waals surface area (Å²) in [6.45, 7) is -0.112. The number of ether oxygens (including phenoxy) is 1. The Bertz CT molecular complexity index is 844. The van der Waals surface area contributed by atoms with Crippen LogP contribution < -0.4 is 11.5 Å². The molecule has 2 rings (SSSR count). The monoisotopic (exact) mass is 404 g/mol. The zero-order valence-electron chi connectivity index (χ0n) is 15.6. The minimum atomic E-state index is -4.20. The predicted molar refractivity (Wildman–Crippen MR) is 102 cm³/mol. The van der Waals surface area contributed by atoms with Crippen LogP contribution in [0, 0.1) is 0 Å². The Labute approximate surface area is 166 Å². The summed E-state index contributed by atoms with van der Waals surface area (Å²) in [5.41, 5.74) is 12.2. The molecule has 0 aliphatic rings. The number of Topliss-reactive ketones (excluding diaryl/α,β-unsaturated/α-hetero) is 2. The quantitative estimate of drug-likeness (QED) is 0.461. The molecular formula is C21H22F2N2O4. The molecule has 29 heavy (non-hydrogen) atoms. The molecule has 0 radical (unpaired) electrons. The number of ketones is 2. The van der Waals surface area contributed by atoms with Crippen molar-refractivity contribution < 1.29 is 27.9 Å². The summed E-state index contributed by atoms with van der Waals surface area (Å²) in [6, 6.07) is 13.0. The van der Waals surface area contributed by atoms with Crippen LogP contribution in [0.1, 0.15) is 17.5 Å². The maximum absolute atomic E-state index is 14.4. The molecule has 0 spiro atoms. The number of hydrogen-bond donors (Lipinski definition) is 2. The van der Waals surface area contributed by atoms with Gasteiger partial charge in [-0.25, -0.2) is 0 Å². The van der Waals surface area contributed by atoms with Crippen LogP contribution in [0.2, 0.25) is 0 Å². The van der Waals surface area contributed by atoms with Gasteiger partial charge in [0.2, 0.25) is 5.78 Å². The summed E-state index contributed by atoms with van der Waals surface area (Å²) in [5.74, 6) is -8.16. The van der Waals surface area contributed by atoms with E-state index < -0.39 is 42.0 Å². The molecule has 0 aliphatic carbocycles. The van der Waals surface area contributed by atoms with Crippen molar-refractivity contribution in [3.05, 3.63) is 71.8 Å². The van der Waals surface area contributed by atoms with Crippen molar-refractivity contribution in [3.8, 4) is 0 Å². The Morgan fingerprint density at radius 3 is 1.97 bits per heavy atom. The molecule has 6 nitrogen and oxygen atoms in total. The molecule has 2 aromatic rings. The second-order valence-corrected chi connectivity index (χ2v) is 6.55. The summed E-state index contributed by atoms with van der Waals surface area (Å²) < 4.78 is 33.7. The van der Waals surface area contributed by atoms with Crippen LogP contribution in [-0.2, 0) is 32.1 Å². The molecule has 0 amide bonds. The first-order chi connectivity index (χ1) is 13.7. The van der Waals surface area contributed by atoms with Gasteiger partial charge in [-0.15, -0.1) is 0 Å². The van der Waals surface area contributed by atoms with E-state index in [4.69, 9.17) is 16.2 Å². The molecule has 154 valence electrons. The summed E-state index contributed by atoms with van der Waals surface area (Å²) in [6.07, 6.45) is -1.10. The van der Waals surface area contributed by atoms with Crippen molar-refractivity contribution in [1.29, 1.82) is 0 Å².